The van der Waals surface area contributed by atoms with Crippen molar-refractivity contribution in [2.24, 2.45) is 0 Å². The highest BCUT2D eigenvalue weighted by Gasteiger charge is 2.16. The van der Waals surface area contributed by atoms with E-state index in [1.165, 1.54) is 24.3 Å². The Kier molecular flexibility index (Phi) is 4.42. The monoisotopic (exact) mass is 198 g/mol. The summed E-state index contributed by atoms with van der Waals surface area (Å²) in [7, 11) is -3.38. The molecule has 0 aromatic heterocycles. The molecule has 2 nitrogen and oxygen atoms in total. The van der Waals surface area contributed by atoms with Crippen molar-refractivity contribution in [2.75, 3.05) is 0 Å². The van der Waals surface area contributed by atoms with Gasteiger partial charge in [-0.3, -0.25) is 0 Å². The first kappa shape index (κ1) is 11.9. The van der Waals surface area contributed by atoms with Gasteiger partial charge in [0, 0.05) is 0 Å². The predicted molar refractivity (Wildman–Crippen MR) is 56.8 cm³/mol. The van der Waals surface area contributed by atoms with Crippen LogP contribution in [0.1, 0.15) is 13.8 Å². The lowest BCUT2D eigenvalue weighted by Crippen LogP contribution is -2.03. The van der Waals surface area contributed by atoms with Crippen LogP contribution in [-0.4, -0.2) is 8.42 Å². The van der Waals surface area contributed by atoms with E-state index in [1.807, 2.05) is 0 Å². The first-order chi connectivity index (χ1) is 6.04. The third kappa shape index (κ3) is 2.42. The van der Waals surface area contributed by atoms with Gasteiger partial charge in [-0.05, 0) is 13.8 Å². The minimum atomic E-state index is -3.38. The van der Waals surface area contributed by atoms with Gasteiger partial charge in [-0.25, -0.2) is 8.42 Å². The Hall–Kier alpha value is -1.09. The van der Waals surface area contributed by atoms with Gasteiger partial charge in [0.15, 0.2) is 0 Å². The van der Waals surface area contributed by atoms with E-state index in [0.717, 1.165) is 0 Å². The van der Waals surface area contributed by atoms with Crippen molar-refractivity contribution in [1.82, 2.24) is 0 Å². The molecule has 0 aliphatic heterocycles. The number of sulfone groups is 1. The van der Waals surface area contributed by atoms with Gasteiger partial charge >= 0.3 is 0 Å². The molecule has 0 fully saturated rings. The van der Waals surface area contributed by atoms with Crippen molar-refractivity contribution in [1.29, 1.82) is 0 Å². The van der Waals surface area contributed by atoms with Crippen LogP contribution in [0.25, 0.3) is 0 Å². The molecule has 0 saturated carbocycles. The molecule has 3 heteroatoms. The Morgan fingerprint density at radius 1 is 1.00 bits per heavy atom. The highest BCUT2D eigenvalue weighted by molar-refractivity contribution is 7.99. The molecule has 0 aromatic carbocycles. The van der Waals surface area contributed by atoms with Crippen LogP contribution in [-0.2, 0) is 9.84 Å². The summed E-state index contributed by atoms with van der Waals surface area (Å²) in [5, 5.41) is 0. The van der Waals surface area contributed by atoms with Gasteiger partial charge in [0.2, 0.25) is 9.84 Å². The number of allylic oxidation sites excluding steroid dienone is 4. The van der Waals surface area contributed by atoms with Crippen LogP contribution in [0.5, 0.6) is 0 Å². The Morgan fingerprint density at radius 2 is 1.31 bits per heavy atom. The molecule has 72 valence electrons. The molecular formula is C10H14O2S. The van der Waals surface area contributed by atoms with Gasteiger partial charge in [0.25, 0.3) is 0 Å². The van der Waals surface area contributed by atoms with Crippen LogP contribution in [0.3, 0.4) is 0 Å². The lowest BCUT2D eigenvalue weighted by Gasteiger charge is -2.03. The topological polar surface area (TPSA) is 34.1 Å². The fourth-order valence-corrected chi connectivity index (χ4v) is 2.23. The second-order valence-corrected chi connectivity index (χ2v) is 4.24. The largest absolute Gasteiger partial charge is 0.219 e. The SMILES string of the molecule is C=C/C(=C/C)S(=O)(=O)/C(C=C)=C\C. The summed E-state index contributed by atoms with van der Waals surface area (Å²) >= 11 is 0. The van der Waals surface area contributed by atoms with E-state index < -0.39 is 9.84 Å². The number of hydrogen-bond acceptors (Lipinski definition) is 2. The molecular weight excluding hydrogens is 184 g/mol. The number of hydrogen-bond donors (Lipinski definition) is 0. The molecule has 0 unspecified atom stereocenters. The first-order valence-corrected chi connectivity index (χ1v) is 5.35. The molecule has 0 heterocycles. The zero-order chi connectivity index (χ0) is 10.5. The van der Waals surface area contributed by atoms with Crippen LogP contribution in [0, 0.1) is 0 Å². The van der Waals surface area contributed by atoms with Crippen LogP contribution in [0.15, 0.2) is 47.3 Å². The van der Waals surface area contributed by atoms with Crippen molar-refractivity contribution in [2.45, 2.75) is 13.8 Å². The highest BCUT2D eigenvalue weighted by atomic mass is 32.2. The standard InChI is InChI=1S/C10H14O2S/c1-5-9(6-2)13(11,12)10(7-3)8-4/h5-8H,1,3H2,2,4H3/b9-6-,10-8-. The Bertz CT molecular complexity index is 326. The summed E-state index contributed by atoms with van der Waals surface area (Å²) in [6.07, 6.45) is 5.66. The predicted octanol–water partition coefficient (Wildman–Crippen LogP) is 2.58. The quantitative estimate of drug-likeness (QED) is 0.651. The van der Waals surface area contributed by atoms with Gasteiger partial charge in [0.05, 0.1) is 9.81 Å². The normalized spacial score (nSPS) is 14.0. The van der Waals surface area contributed by atoms with Crippen molar-refractivity contribution >= 4 is 9.84 Å². The lowest BCUT2D eigenvalue weighted by atomic mass is 10.5. The van der Waals surface area contributed by atoms with Crippen molar-refractivity contribution in [3.05, 3.63) is 47.3 Å². The highest BCUT2D eigenvalue weighted by Crippen LogP contribution is 2.18. The smallest absolute Gasteiger partial charge is 0.205 e. The molecule has 0 atom stereocenters. The van der Waals surface area contributed by atoms with E-state index in [2.05, 4.69) is 13.2 Å². The summed E-state index contributed by atoms with van der Waals surface area (Å²) in [5.41, 5.74) is 0. The fraction of sp³-hybridized carbons (Fsp3) is 0.200. The summed E-state index contributed by atoms with van der Waals surface area (Å²) in [6, 6.07) is 0. The van der Waals surface area contributed by atoms with Gasteiger partial charge in [-0.15, -0.1) is 0 Å². The van der Waals surface area contributed by atoms with E-state index in [-0.39, 0.29) is 9.81 Å². The third-order valence-electron chi connectivity index (χ3n) is 1.59. The molecule has 0 aliphatic rings. The van der Waals surface area contributed by atoms with Crippen molar-refractivity contribution < 1.29 is 8.42 Å². The molecule has 0 amide bonds. The Labute approximate surface area is 79.9 Å². The first-order valence-electron chi connectivity index (χ1n) is 3.87. The lowest BCUT2D eigenvalue weighted by molar-refractivity contribution is 0.609. The summed E-state index contributed by atoms with van der Waals surface area (Å²) in [6.45, 7) is 10.2. The second-order valence-electron chi connectivity index (χ2n) is 2.29. The van der Waals surface area contributed by atoms with Gasteiger partial charge < -0.3 is 0 Å². The maximum absolute atomic E-state index is 11.7. The molecule has 0 aliphatic carbocycles. The number of rotatable bonds is 4. The Balaban J connectivity index is 5.45. The van der Waals surface area contributed by atoms with Gasteiger partial charge in [-0.2, -0.15) is 0 Å². The van der Waals surface area contributed by atoms with Crippen molar-refractivity contribution in [3.63, 3.8) is 0 Å². The Morgan fingerprint density at radius 3 is 1.46 bits per heavy atom. The minimum absolute atomic E-state index is 0.209. The van der Waals surface area contributed by atoms with Crippen LogP contribution in [0.4, 0.5) is 0 Å². The fourth-order valence-electron chi connectivity index (χ4n) is 0.902. The molecule has 0 radical (unpaired) electrons. The van der Waals surface area contributed by atoms with E-state index >= 15 is 0 Å². The van der Waals surface area contributed by atoms with Gasteiger partial charge in [0.1, 0.15) is 0 Å². The van der Waals surface area contributed by atoms with Crippen molar-refractivity contribution in [3.8, 4) is 0 Å². The average molecular weight is 198 g/mol. The van der Waals surface area contributed by atoms with Crippen LogP contribution < -0.4 is 0 Å². The summed E-state index contributed by atoms with van der Waals surface area (Å²) in [5.74, 6) is 0. The zero-order valence-electron chi connectivity index (χ0n) is 7.95. The molecule has 0 N–H and O–H groups in total. The van der Waals surface area contributed by atoms with Gasteiger partial charge in [-0.1, -0.05) is 37.5 Å². The molecule has 0 spiro atoms. The second kappa shape index (κ2) is 4.82. The molecule has 0 saturated heterocycles. The molecule has 13 heavy (non-hydrogen) atoms. The zero-order valence-corrected chi connectivity index (χ0v) is 8.76. The summed E-state index contributed by atoms with van der Waals surface area (Å²) < 4.78 is 23.4. The molecule has 0 rings (SSSR count). The summed E-state index contributed by atoms with van der Waals surface area (Å²) in [4.78, 5) is 0.418. The van der Waals surface area contributed by atoms with E-state index in [4.69, 9.17) is 0 Å². The average Bonchev–Trinajstić information content (AvgIpc) is 2.07. The van der Waals surface area contributed by atoms with Crippen LogP contribution >= 0.6 is 0 Å². The molecule has 0 bridgehead atoms. The van der Waals surface area contributed by atoms with Crippen LogP contribution in [0.2, 0.25) is 0 Å². The minimum Gasteiger partial charge on any atom is -0.219 e. The van der Waals surface area contributed by atoms with E-state index in [1.54, 1.807) is 13.8 Å². The van der Waals surface area contributed by atoms with E-state index in [0.29, 0.717) is 0 Å². The maximum Gasteiger partial charge on any atom is 0.205 e. The third-order valence-corrected chi connectivity index (χ3v) is 3.64. The molecule has 0 aromatic rings. The van der Waals surface area contributed by atoms with E-state index in [9.17, 15) is 8.42 Å². The maximum atomic E-state index is 11.7.